The normalized spacial score (nSPS) is 9.92. The van der Waals surface area contributed by atoms with Gasteiger partial charge in [-0.25, -0.2) is 33.5 Å². The number of nitrogens with two attached hydrogens (primary N) is 1. The number of carboxylic acid groups (broad SMARTS) is 1. The Labute approximate surface area is 312 Å². The lowest BCUT2D eigenvalue weighted by molar-refractivity contribution is 0.0690. The minimum Gasteiger partial charge on any atom is -0.477 e. The van der Waals surface area contributed by atoms with Gasteiger partial charge in [-0.2, -0.15) is 10.5 Å². The lowest BCUT2D eigenvalue weighted by Gasteiger charge is -2.06. The third-order valence-corrected chi connectivity index (χ3v) is 7.51. The van der Waals surface area contributed by atoms with Crippen molar-refractivity contribution >= 4 is 46.7 Å². The van der Waals surface area contributed by atoms with Crippen LogP contribution < -0.4 is 11.1 Å². The molecule has 0 atom stereocenters. The molecule has 4 aromatic heterocycles. The minimum absolute atomic E-state index is 0.0519. The summed E-state index contributed by atoms with van der Waals surface area (Å²) < 4.78 is 26.1. The van der Waals surface area contributed by atoms with Gasteiger partial charge in [0.05, 0.1) is 21.2 Å². The Bertz CT molecular complexity index is 2280. The number of carboxylic acids is 1. The average molecular weight is 752 g/mol. The van der Waals surface area contributed by atoms with Crippen LogP contribution in [0.25, 0.3) is 0 Å². The SMILES string of the molecule is N#Cc1ccc(C(=O)Nc2ccc(Cc3ccc(F)c(Cl)c3)cn2)nc1.N#Cc1ccc(C(=O)O)nc1.Nc1ccc(Cc2ccc(F)c(Cl)c2)cn1. The first-order valence-electron chi connectivity index (χ1n) is 15.2. The van der Waals surface area contributed by atoms with Gasteiger partial charge in [0, 0.05) is 24.8 Å². The zero-order valence-electron chi connectivity index (χ0n) is 27.3. The highest BCUT2D eigenvalue weighted by Crippen LogP contribution is 2.20. The fourth-order valence-electron chi connectivity index (χ4n) is 4.28. The summed E-state index contributed by atoms with van der Waals surface area (Å²) in [5.74, 6) is -1.50. The molecule has 0 aliphatic carbocycles. The maximum absolute atomic E-state index is 13.2. The van der Waals surface area contributed by atoms with E-state index in [-0.39, 0.29) is 21.4 Å². The van der Waals surface area contributed by atoms with Crippen LogP contribution in [0.15, 0.2) is 110 Å². The number of amides is 1. The van der Waals surface area contributed by atoms with Crippen LogP contribution in [0.5, 0.6) is 0 Å². The number of carbonyl (C=O) groups excluding carboxylic acids is 1. The van der Waals surface area contributed by atoms with Gasteiger partial charge in [-0.05, 0) is 95.8 Å². The Morgan fingerprint density at radius 2 is 1.15 bits per heavy atom. The Morgan fingerprint density at radius 1 is 0.660 bits per heavy atom. The third kappa shape index (κ3) is 12.2. The number of nitriles is 2. The Balaban J connectivity index is 0.000000197. The number of nitrogens with one attached hydrogen (secondary N) is 1. The second-order valence-corrected chi connectivity index (χ2v) is 11.7. The number of pyridine rings is 4. The second-order valence-electron chi connectivity index (χ2n) is 10.8. The summed E-state index contributed by atoms with van der Waals surface area (Å²) in [7, 11) is 0. The van der Waals surface area contributed by atoms with Crippen molar-refractivity contribution in [2.75, 3.05) is 11.1 Å². The molecule has 15 heteroatoms. The molecule has 0 saturated carbocycles. The number of benzene rings is 2. The molecule has 0 saturated heterocycles. The Kier molecular flexibility index (Phi) is 14.0. The van der Waals surface area contributed by atoms with Gasteiger partial charge in [-0.3, -0.25) is 4.79 Å². The fraction of sp³-hybridized carbons (Fsp3) is 0.0526. The molecule has 4 heterocycles. The van der Waals surface area contributed by atoms with E-state index in [1.54, 1.807) is 48.8 Å². The first kappa shape index (κ1) is 39.0. The highest BCUT2D eigenvalue weighted by atomic mass is 35.5. The van der Waals surface area contributed by atoms with Gasteiger partial charge >= 0.3 is 5.97 Å². The average Bonchev–Trinajstić information content (AvgIpc) is 3.17. The lowest BCUT2D eigenvalue weighted by Crippen LogP contribution is -2.14. The van der Waals surface area contributed by atoms with Gasteiger partial charge in [0.2, 0.25) is 0 Å². The molecule has 0 aliphatic rings. The maximum atomic E-state index is 13.2. The molecule has 1 amide bonds. The van der Waals surface area contributed by atoms with E-state index in [1.165, 1.54) is 48.8 Å². The number of nitrogens with zero attached hydrogens (tertiary/aromatic N) is 6. The van der Waals surface area contributed by atoms with Crippen molar-refractivity contribution in [3.05, 3.63) is 176 Å². The predicted octanol–water partition coefficient (Wildman–Crippen LogP) is 7.68. The van der Waals surface area contributed by atoms with Crippen molar-refractivity contribution in [3.8, 4) is 12.1 Å². The summed E-state index contributed by atoms with van der Waals surface area (Å²) in [5.41, 5.74) is 10.1. The lowest BCUT2D eigenvalue weighted by atomic mass is 10.1. The van der Waals surface area contributed by atoms with Crippen molar-refractivity contribution in [1.29, 1.82) is 10.5 Å². The van der Waals surface area contributed by atoms with Crippen LogP contribution in [-0.2, 0) is 12.8 Å². The Hall–Kier alpha value is -6.80. The van der Waals surface area contributed by atoms with Gasteiger partial charge < -0.3 is 16.2 Å². The molecule has 0 aliphatic heterocycles. The summed E-state index contributed by atoms with van der Waals surface area (Å²) >= 11 is 11.5. The molecule has 53 heavy (non-hydrogen) atoms. The van der Waals surface area contributed by atoms with Crippen molar-refractivity contribution in [2.45, 2.75) is 12.8 Å². The number of halogens is 4. The van der Waals surface area contributed by atoms with E-state index in [0.29, 0.717) is 35.6 Å². The highest BCUT2D eigenvalue weighted by Gasteiger charge is 2.09. The van der Waals surface area contributed by atoms with E-state index in [4.69, 9.17) is 44.6 Å². The van der Waals surface area contributed by atoms with Crippen LogP contribution in [0.4, 0.5) is 20.4 Å². The van der Waals surface area contributed by atoms with Gasteiger partial charge in [-0.1, -0.05) is 47.5 Å². The van der Waals surface area contributed by atoms with Crippen molar-refractivity contribution in [1.82, 2.24) is 19.9 Å². The summed E-state index contributed by atoms with van der Waals surface area (Å²) in [6.45, 7) is 0. The summed E-state index contributed by atoms with van der Waals surface area (Å²) in [6, 6.07) is 25.8. The van der Waals surface area contributed by atoms with Crippen LogP contribution in [0, 0.1) is 34.3 Å². The first-order chi connectivity index (χ1) is 25.4. The molecule has 0 radical (unpaired) electrons. The topological polar surface area (TPSA) is 192 Å². The molecule has 2 aromatic carbocycles. The van der Waals surface area contributed by atoms with Gasteiger partial charge in [0.1, 0.15) is 46.8 Å². The number of anilines is 2. The number of nitrogen functional groups attached to an aromatic ring is 1. The first-order valence-corrected chi connectivity index (χ1v) is 16.0. The second kappa shape index (κ2) is 19.0. The van der Waals surface area contributed by atoms with Crippen molar-refractivity contribution in [3.63, 3.8) is 0 Å². The summed E-state index contributed by atoms with van der Waals surface area (Å²) in [5, 5.41) is 28.3. The van der Waals surface area contributed by atoms with Crippen molar-refractivity contribution in [2.24, 2.45) is 0 Å². The van der Waals surface area contributed by atoms with E-state index in [1.807, 2.05) is 24.3 Å². The summed E-state index contributed by atoms with van der Waals surface area (Å²) in [6.07, 6.45) is 7.08. The van der Waals surface area contributed by atoms with Crippen molar-refractivity contribution < 1.29 is 23.5 Å². The zero-order chi connectivity index (χ0) is 38.3. The number of aromatic nitrogens is 4. The quantitative estimate of drug-likeness (QED) is 0.146. The standard InChI is InChI=1S/C19H12ClFN4O.C12H10ClFN2.C7H4N2O2/c20-15-8-12(1-4-16(15)21)7-13-3-6-18(24-10-13)25-19(26)17-5-2-14(9-22)11-23-17;13-10-6-8(1-3-11(10)14)5-9-2-4-12(15)16-7-9;8-3-5-1-2-6(7(10)11)9-4-5/h1-6,8,10-11H,7H2,(H,24,25,26);1-4,6-7H,5H2,(H2,15,16);1-2,4H,(H,10,11). The third-order valence-electron chi connectivity index (χ3n) is 6.94. The molecular weight excluding hydrogens is 725 g/mol. The molecular formula is C38H26Cl2F2N8O3. The highest BCUT2D eigenvalue weighted by molar-refractivity contribution is 6.31. The number of hydrogen-bond acceptors (Lipinski definition) is 9. The van der Waals surface area contributed by atoms with Crippen LogP contribution >= 0.6 is 23.2 Å². The smallest absolute Gasteiger partial charge is 0.354 e. The number of rotatable bonds is 7. The predicted molar refractivity (Wildman–Crippen MR) is 194 cm³/mol. The molecule has 6 rings (SSSR count). The van der Waals surface area contributed by atoms with Crippen LogP contribution in [0.3, 0.4) is 0 Å². The zero-order valence-corrected chi connectivity index (χ0v) is 28.9. The van der Waals surface area contributed by atoms with E-state index in [2.05, 4.69) is 25.3 Å². The van der Waals surface area contributed by atoms with E-state index in [9.17, 15) is 18.4 Å². The number of aromatic carboxylic acids is 1. The van der Waals surface area contributed by atoms with E-state index < -0.39 is 23.5 Å². The van der Waals surface area contributed by atoms with Gasteiger partial charge in [0.25, 0.3) is 5.91 Å². The molecule has 0 unspecified atom stereocenters. The van der Waals surface area contributed by atoms with Crippen LogP contribution in [-0.4, -0.2) is 36.9 Å². The molecule has 11 nitrogen and oxygen atoms in total. The maximum Gasteiger partial charge on any atom is 0.354 e. The Morgan fingerprint density at radius 3 is 1.55 bits per heavy atom. The number of carbonyl (C=O) groups is 2. The van der Waals surface area contributed by atoms with Gasteiger partial charge in [-0.15, -0.1) is 0 Å². The molecule has 264 valence electrons. The monoisotopic (exact) mass is 750 g/mol. The van der Waals surface area contributed by atoms with Gasteiger partial charge in [0.15, 0.2) is 0 Å². The largest absolute Gasteiger partial charge is 0.477 e. The van der Waals surface area contributed by atoms with Crippen LogP contribution in [0.2, 0.25) is 10.0 Å². The fourth-order valence-corrected chi connectivity index (χ4v) is 4.68. The molecule has 0 spiro atoms. The van der Waals surface area contributed by atoms with Crippen LogP contribution in [0.1, 0.15) is 54.4 Å². The van der Waals surface area contributed by atoms with E-state index >= 15 is 0 Å². The molecule has 0 fully saturated rings. The summed E-state index contributed by atoms with van der Waals surface area (Å²) in [4.78, 5) is 38.0. The molecule has 0 bridgehead atoms. The van der Waals surface area contributed by atoms with E-state index in [0.717, 1.165) is 22.3 Å². The molecule has 6 aromatic rings. The number of hydrogen-bond donors (Lipinski definition) is 3. The molecule has 4 N–H and O–H groups in total. The minimum atomic E-state index is -1.09.